The highest BCUT2D eigenvalue weighted by Crippen LogP contribution is 2.20. The molecule has 2 N–H and O–H groups in total. The van der Waals surface area contributed by atoms with E-state index in [1.807, 2.05) is 85.1 Å². The number of aryl methyl sites for hydroxylation is 1. The molecular weight excluding hydrogens is 378 g/mol. The monoisotopic (exact) mass is 401 g/mol. The molecule has 0 spiro atoms. The second-order valence-electron chi connectivity index (χ2n) is 7.16. The summed E-state index contributed by atoms with van der Waals surface area (Å²) in [6.45, 7) is 2.06. The van der Waals surface area contributed by atoms with Gasteiger partial charge in [-0.05, 0) is 43.3 Å². The first-order chi connectivity index (χ1) is 14.5. The number of anilines is 4. The maximum Gasteiger partial charge on any atom is 0.244 e. The lowest BCUT2D eigenvalue weighted by molar-refractivity contribution is -0.116. The van der Waals surface area contributed by atoms with Gasteiger partial charge < -0.3 is 20.1 Å². The van der Waals surface area contributed by atoms with Gasteiger partial charge in [0.15, 0.2) is 0 Å². The molecule has 0 aliphatic heterocycles. The molecule has 0 aliphatic carbocycles. The Morgan fingerprint density at radius 2 is 1.77 bits per heavy atom. The van der Waals surface area contributed by atoms with Crippen LogP contribution in [0.5, 0.6) is 0 Å². The third-order valence-corrected chi connectivity index (χ3v) is 4.57. The van der Waals surface area contributed by atoms with Crippen LogP contribution >= 0.6 is 0 Å². The van der Waals surface area contributed by atoms with Crippen LogP contribution in [0.3, 0.4) is 0 Å². The minimum absolute atomic E-state index is 0.110. The van der Waals surface area contributed by atoms with Crippen molar-refractivity contribution in [2.45, 2.75) is 13.5 Å². The van der Waals surface area contributed by atoms with E-state index in [-0.39, 0.29) is 12.5 Å². The molecule has 4 rings (SSSR count). The Morgan fingerprint density at radius 3 is 2.53 bits per heavy atom. The van der Waals surface area contributed by atoms with Crippen molar-refractivity contribution < 1.29 is 4.79 Å². The topological polar surface area (TPSA) is 88.0 Å². The van der Waals surface area contributed by atoms with E-state index in [2.05, 4.69) is 25.6 Å². The van der Waals surface area contributed by atoms with Gasteiger partial charge in [0.25, 0.3) is 0 Å². The van der Waals surface area contributed by atoms with Crippen molar-refractivity contribution in [3.8, 4) is 0 Å². The van der Waals surface area contributed by atoms with Crippen molar-refractivity contribution in [3.63, 3.8) is 0 Å². The van der Waals surface area contributed by atoms with E-state index in [0.717, 1.165) is 34.0 Å². The molecule has 0 saturated heterocycles. The van der Waals surface area contributed by atoms with Crippen LogP contribution in [-0.2, 0) is 11.3 Å². The summed E-state index contributed by atoms with van der Waals surface area (Å²) in [4.78, 5) is 27.5. The summed E-state index contributed by atoms with van der Waals surface area (Å²) in [5.41, 5.74) is 3.40. The summed E-state index contributed by atoms with van der Waals surface area (Å²) in [6.07, 6.45) is 1.68. The van der Waals surface area contributed by atoms with E-state index >= 15 is 0 Å². The van der Waals surface area contributed by atoms with Gasteiger partial charge in [0.2, 0.25) is 5.91 Å². The molecule has 2 aromatic heterocycles. The second-order valence-corrected chi connectivity index (χ2v) is 7.16. The lowest BCUT2D eigenvalue weighted by atomic mass is 10.2. The molecule has 8 heteroatoms. The Morgan fingerprint density at radius 1 is 1.03 bits per heavy atom. The normalized spacial score (nSPS) is 10.8. The maximum atomic E-state index is 12.4. The summed E-state index contributed by atoms with van der Waals surface area (Å²) in [5.74, 6) is 2.14. The fraction of sp³-hybridized carbons (Fsp3) is 0.182. The van der Waals surface area contributed by atoms with Crippen molar-refractivity contribution in [2.24, 2.45) is 0 Å². The zero-order valence-electron chi connectivity index (χ0n) is 17.1. The molecule has 0 unspecified atom stereocenters. The largest absolute Gasteiger partial charge is 0.363 e. The summed E-state index contributed by atoms with van der Waals surface area (Å²) in [6, 6.07) is 17.1. The maximum absolute atomic E-state index is 12.4. The third kappa shape index (κ3) is 4.38. The van der Waals surface area contributed by atoms with Crippen molar-refractivity contribution in [3.05, 3.63) is 66.7 Å². The van der Waals surface area contributed by atoms with Crippen LogP contribution in [-0.4, -0.2) is 39.5 Å². The fourth-order valence-electron chi connectivity index (χ4n) is 3.12. The molecule has 0 fully saturated rings. The Balaban J connectivity index is 1.40. The molecule has 0 saturated carbocycles. The van der Waals surface area contributed by atoms with E-state index in [1.54, 1.807) is 6.33 Å². The van der Waals surface area contributed by atoms with Gasteiger partial charge in [0.05, 0.1) is 17.4 Å². The smallest absolute Gasteiger partial charge is 0.244 e. The van der Waals surface area contributed by atoms with E-state index in [0.29, 0.717) is 5.82 Å². The van der Waals surface area contributed by atoms with Gasteiger partial charge >= 0.3 is 0 Å². The molecular formula is C22H23N7O. The van der Waals surface area contributed by atoms with Crippen LogP contribution in [0.4, 0.5) is 23.0 Å². The van der Waals surface area contributed by atoms with Crippen LogP contribution in [0.15, 0.2) is 60.9 Å². The number of aromatic nitrogens is 4. The first kappa shape index (κ1) is 19.4. The number of fused-ring (bicyclic) bond motifs is 1. The molecule has 8 nitrogen and oxygen atoms in total. The molecule has 1 amide bonds. The highest BCUT2D eigenvalue weighted by atomic mass is 16.1. The number of benzene rings is 2. The molecule has 0 atom stereocenters. The average molecular weight is 401 g/mol. The first-order valence-electron chi connectivity index (χ1n) is 9.58. The molecule has 0 aliphatic rings. The summed E-state index contributed by atoms with van der Waals surface area (Å²) < 4.78 is 1.83. The minimum atomic E-state index is -0.110. The molecule has 152 valence electrons. The van der Waals surface area contributed by atoms with Gasteiger partial charge in [-0.2, -0.15) is 0 Å². The van der Waals surface area contributed by atoms with Gasteiger partial charge in [-0.15, -0.1) is 0 Å². The van der Waals surface area contributed by atoms with E-state index in [9.17, 15) is 4.79 Å². The Hall–Kier alpha value is -3.94. The lowest BCUT2D eigenvalue weighted by Gasteiger charge is -2.14. The number of nitrogens with one attached hydrogen (secondary N) is 2. The molecule has 4 aromatic rings. The predicted octanol–water partition coefficient (Wildman–Crippen LogP) is 3.58. The van der Waals surface area contributed by atoms with Crippen LogP contribution in [0, 0.1) is 6.92 Å². The first-order valence-corrected chi connectivity index (χ1v) is 9.58. The SMILES string of the molecule is Cc1nc(Nc2ccc(NC(=O)Cn3cnc4ccccc43)cc2)cc(N(C)C)n1. The van der Waals surface area contributed by atoms with Crippen molar-refractivity contribution >= 4 is 40.0 Å². The average Bonchev–Trinajstić information content (AvgIpc) is 3.12. The number of carbonyl (C=O) groups is 1. The zero-order chi connectivity index (χ0) is 21.1. The number of imidazole rings is 1. The number of nitrogens with zero attached hydrogens (tertiary/aromatic N) is 5. The van der Waals surface area contributed by atoms with E-state index < -0.39 is 0 Å². The van der Waals surface area contributed by atoms with E-state index in [1.165, 1.54) is 0 Å². The van der Waals surface area contributed by atoms with Gasteiger partial charge in [-0.1, -0.05) is 12.1 Å². The molecule has 2 heterocycles. The molecule has 2 aromatic carbocycles. The highest BCUT2D eigenvalue weighted by molar-refractivity contribution is 5.91. The second kappa shape index (κ2) is 8.20. The predicted molar refractivity (Wildman–Crippen MR) is 119 cm³/mol. The number of para-hydroxylation sites is 2. The van der Waals surface area contributed by atoms with Gasteiger partial charge in [0, 0.05) is 31.5 Å². The number of amides is 1. The lowest BCUT2D eigenvalue weighted by Crippen LogP contribution is -2.18. The standard InChI is InChI=1S/C22H23N7O/c1-15-24-20(12-21(25-15)28(2)3)26-16-8-10-17(11-9-16)27-22(30)13-29-14-23-18-6-4-5-7-19(18)29/h4-12,14H,13H2,1-3H3,(H,27,30)(H,24,25,26). The summed E-state index contributed by atoms with van der Waals surface area (Å²) in [5, 5.41) is 6.20. The van der Waals surface area contributed by atoms with E-state index in [4.69, 9.17) is 0 Å². The van der Waals surface area contributed by atoms with Crippen molar-refractivity contribution in [1.82, 2.24) is 19.5 Å². The van der Waals surface area contributed by atoms with Crippen LogP contribution in [0.1, 0.15) is 5.82 Å². The quantitative estimate of drug-likeness (QED) is 0.513. The number of carbonyl (C=O) groups excluding carboxylic acids is 1. The highest BCUT2D eigenvalue weighted by Gasteiger charge is 2.08. The third-order valence-electron chi connectivity index (χ3n) is 4.57. The van der Waals surface area contributed by atoms with Gasteiger partial charge in [-0.3, -0.25) is 4.79 Å². The van der Waals surface area contributed by atoms with Crippen molar-refractivity contribution in [1.29, 1.82) is 0 Å². The number of hydrogen-bond donors (Lipinski definition) is 2. The summed E-state index contributed by atoms with van der Waals surface area (Å²) in [7, 11) is 3.88. The number of hydrogen-bond acceptors (Lipinski definition) is 6. The number of rotatable bonds is 6. The van der Waals surface area contributed by atoms with Crippen LogP contribution < -0.4 is 15.5 Å². The Labute approximate surface area is 174 Å². The zero-order valence-corrected chi connectivity index (χ0v) is 17.1. The molecule has 0 radical (unpaired) electrons. The molecule has 30 heavy (non-hydrogen) atoms. The Bertz CT molecular complexity index is 1180. The van der Waals surface area contributed by atoms with Gasteiger partial charge in [0.1, 0.15) is 24.0 Å². The molecule has 0 bridgehead atoms. The Kier molecular flexibility index (Phi) is 5.30. The van der Waals surface area contributed by atoms with Crippen LogP contribution in [0.25, 0.3) is 11.0 Å². The van der Waals surface area contributed by atoms with Crippen LogP contribution in [0.2, 0.25) is 0 Å². The van der Waals surface area contributed by atoms with Gasteiger partial charge in [-0.25, -0.2) is 15.0 Å². The van der Waals surface area contributed by atoms with Crippen molar-refractivity contribution in [2.75, 3.05) is 29.6 Å². The summed E-state index contributed by atoms with van der Waals surface area (Å²) >= 11 is 0. The minimum Gasteiger partial charge on any atom is -0.363 e. The fourth-order valence-corrected chi connectivity index (χ4v) is 3.12.